The summed E-state index contributed by atoms with van der Waals surface area (Å²) in [5, 5.41) is 5.16. The van der Waals surface area contributed by atoms with Crippen LogP contribution in [0.4, 0.5) is 0 Å². The number of aromatic nitrogens is 2. The van der Waals surface area contributed by atoms with Gasteiger partial charge in [0, 0.05) is 35.1 Å². The summed E-state index contributed by atoms with van der Waals surface area (Å²) in [4.78, 5) is 0. The molecule has 2 heterocycles. The summed E-state index contributed by atoms with van der Waals surface area (Å²) in [5.74, 6) is 0. The van der Waals surface area contributed by atoms with E-state index in [2.05, 4.69) is 126 Å². The van der Waals surface area contributed by atoms with E-state index in [0.717, 1.165) is 6.54 Å². The third-order valence-corrected chi connectivity index (χ3v) is 6.51. The highest BCUT2D eigenvalue weighted by atomic mass is 35.5. The number of pyridine rings is 1. The van der Waals surface area contributed by atoms with Crippen LogP contribution in [0.1, 0.15) is 11.1 Å². The zero-order chi connectivity index (χ0) is 21.7. The van der Waals surface area contributed by atoms with Crippen LogP contribution in [0.25, 0.3) is 43.7 Å². The van der Waals surface area contributed by atoms with Crippen LogP contribution in [0.15, 0.2) is 103 Å². The number of hydrogen-bond acceptors (Lipinski definition) is 0. The van der Waals surface area contributed by atoms with E-state index in [1.54, 1.807) is 0 Å². The van der Waals surface area contributed by atoms with Crippen LogP contribution >= 0.6 is 0 Å². The molecule has 6 rings (SSSR count). The summed E-state index contributed by atoms with van der Waals surface area (Å²) in [6.07, 6.45) is 4.41. The topological polar surface area (TPSA) is 8.81 Å². The molecule has 0 bridgehead atoms. The van der Waals surface area contributed by atoms with Gasteiger partial charge in [-0.05, 0) is 59.3 Å². The number of hydrogen-bond donors (Lipinski definition) is 0. The van der Waals surface area contributed by atoms with Gasteiger partial charge in [-0.15, -0.1) is 0 Å². The molecule has 0 amide bonds. The molecule has 0 aliphatic carbocycles. The number of halogens is 1. The van der Waals surface area contributed by atoms with Crippen molar-refractivity contribution >= 4 is 32.6 Å². The van der Waals surface area contributed by atoms with Crippen LogP contribution in [0.3, 0.4) is 0 Å². The van der Waals surface area contributed by atoms with Crippen LogP contribution in [0, 0.1) is 6.92 Å². The van der Waals surface area contributed by atoms with E-state index in [1.165, 1.54) is 54.8 Å². The Hall–Kier alpha value is -3.62. The van der Waals surface area contributed by atoms with Crippen molar-refractivity contribution in [2.24, 2.45) is 7.05 Å². The first-order valence-corrected chi connectivity index (χ1v) is 11.1. The van der Waals surface area contributed by atoms with Crippen molar-refractivity contribution in [3.8, 4) is 11.1 Å². The van der Waals surface area contributed by atoms with E-state index in [9.17, 15) is 0 Å². The highest BCUT2D eigenvalue weighted by Gasteiger charge is 2.13. The van der Waals surface area contributed by atoms with E-state index in [-0.39, 0.29) is 12.4 Å². The second-order valence-electron chi connectivity index (χ2n) is 8.77. The third-order valence-electron chi connectivity index (χ3n) is 6.51. The third kappa shape index (κ3) is 3.77. The molecule has 0 radical (unpaired) electrons. The van der Waals surface area contributed by atoms with Gasteiger partial charge in [0.2, 0.25) is 5.52 Å². The minimum Gasteiger partial charge on any atom is -1.00 e. The fraction of sp³-hybridized carbons (Fsp3) is 0.100. The van der Waals surface area contributed by atoms with Gasteiger partial charge in [0.25, 0.3) is 0 Å². The predicted molar refractivity (Wildman–Crippen MR) is 134 cm³/mol. The summed E-state index contributed by atoms with van der Waals surface area (Å²) in [6, 6.07) is 33.2. The van der Waals surface area contributed by atoms with Crippen LogP contribution < -0.4 is 17.0 Å². The molecule has 0 saturated carbocycles. The van der Waals surface area contributed by atoms with E-state index < -0.39 is 0 Å². The molecule has 0 N–H and O–H groups in total. The summed E-state index contributed by atoms with van der Waals surface area (Å²) < 4.78 is 4.57. The highest BCUT2D eigenvalue weighted by molar-refractivity contribution is 6.05. The Morgan fingerprint density at radius 1 is 0.727 bits per heavy atom. The molecule has 0 spiro atoms. The van der Waals surface area contributed by atoms with Crippen molar-refractivity contribution in [1.29, 1.82) is 0 Å². The lowest BCUT2D eigenvalue weighted by atomic mass is 9.98. The average molecular weight is 449 g/mol. The predicted octanol–water partition coefficient (Wildman–Crippen LogP) is 3.80. The number of benzene rings is 4. The minimum absolute atomic E-state index is 0. The maximum Gasteiger partial charge on any atom is 0.212 e. The molecule has 162 valence electrons. The van der Waals surface area contributed by atoms with Crippen LogP contribution in [-0.4, -0.2) is 4.57 Å². The highest BCUT2D eigenvalue weighted by Crippen LogP contribution is 2.31. The largest absolute Gasteiger partial charge is 1.00 e. The van der Waals surface area contributed by atoms with Crippen molar-refractivity contribution in [3.05, 3.63) is 115 Å². The van der Waals surface area contributed by atoms with E-state index >= 15 is 0 Å². The molecule has 0 atom stereocenters. The Labute approximate surface area is 200 Å². The minimum atomic E-state index is 0. The SMILES string of the molecule is Cc1ccc2c[n+](C)c3ccc(-c4ccc5ccn(Cc6ccccc6)c5c4)cc3c2c1.[Cl-]. The zero-order valence-electron chi connectivity index (χ0n) is 18.8. The molecular weight excluding hydrogens is 424 g/mol. The zero-order valence-corrected chi connectivity index (χ0v) is 19.6. The Morgan fingerprint density at radius 2 is 1.48 bits per heavy atom. The van der Waals surface area contributed by atoms with Gasteiger partial charge in [-0.3, -0.25) is 0 Å². The quantitative estimate of drug-likeness (QED) is 0.287. The maximum atomic E-state index is 2.35. The van der Waals surface area contributed by atoms with Crippen LogP contribution in [0.2, 0.25) is 0 Å². The summed E-state index contributed by atoms with van der Waals surface area (Å²) >= 11 is 0. The van der Waals surface area contributed by atoms with Gasteiger partial charge < -0.3 is 17.0 Å². The molecule has 33 heavy (non-hydrogen) atoms. The van der Waals surface area contributed by atoms with Crippen LogP contribution in [0.5, 0.6) is 0 Å². The molecule has 0 aliphatic heterocycles. The fourth-order valence-corrected chi connectivity index (χ4v) is 4.81. The first-order valence-electron chi connectivity index (χ1n) is 11.1. The fourth-order valence-electron chi connectivity index (χ4n) is 4.81. The molecule has 3 heteroatoms. The standard InChI is InChI=1S/C30H25N2.ClH/c1-21-8-9-26-20-31(2)29-13-12-24(17-28(29)27(26)16-21)25-11-10-23-14-15-32(30(23)18-25)19-22-6-4-3-5-7-22;/h3-18,20H,19H2,1-2H3;1H/q+1;/p-1. The van der Waals surface area contributed by atoms with Gasteiger partial charge in [0.15, 0.2) is 6.20 Å². The summed E-state index contributed by atoms with van der Waals surface area (Å²) in [5.41, 5.74) is 7.63. The van der Waals surface area contributed by atoms with Gasteiger partial charge in [-0.25, -0.2) is 4.57 Å². The summed E-state index contributed by atoms with van der Waals surface area (Å²) in [6.45, 7) is 3.04. The molecule has 4 aromatic carbocycles. The van der Waals surface area contributed by atoms with Crippen molar-refractivity contribution in [2.75, 3.05) is 0 Å². The average Bonchev–Trinajstić information content (AvgIpc) is 3.22. The number of rotatable bonds is 3. The van der Waals surface area contributed by atoms with Gasteiger partial charge >= 0.3 is 0 Å². The molecular formula is C30H25ClN2. The number of fused-ring (bicyclic) bond motifs is 4. The lowest BCUT2D eigenvalue weighted by molar-refractivity contribution is -0.643. The number of aryl methyl sites for hydroxylation is 2. The number of nitrogens with zero attached hydrogens (tertiary/aromatic N) is 2. The van der Waals surface area contributed by atoms with Crippen molar-refractivity contribution in [2.45, 2.75) is 13.5 Å². The van der Waals surface area contributed by atoms with Gasteiger partial charge in [-0.1, -0.05) is 60.2 Å². The molecule has 0 aliphatic rings. The molecule has 0 saturated heterocycles. The lowest BCUT2D eigenvalue weighted by Gasteiger charge is -2.09. The van der Waals surface area contributed by atoms with Gasteiger partial charge in [0.05, 0.1) is 5.39 Å². The maximum absolute atomic E-state index is 2.35. The summed E-state index contributed by atoms with van der Waals surface area (Å²) in [7, 11) is 2.13. The van der Waals surface area contributed by atoms with Crippen LogP contribution in [-0.2, 0) is 13.6 Å². The monoisotopic (exact) mass is 448 g/mol. The Balaban J connectivity index is 0.00000228. The van der Waals surface area contributed by atoms with Gasteiger partial charge in [-0.2, -0.15) is 0 Å². The van der Waals surface area contributed by atoms with E-state index in [1.807, 2.05) is 0 Å². The van der Waals surface area contributed by atoms with Crippen molar-refractivity contribution < 1.29 is 17.0 Å². The first-order chi connectivity index (χ1) is 15.7. The van der Waals surface area contributed by atoms with Crippen molar-refractivity contribution in [3.63, 3.8) is 0 Å². The second-order valence-corrected chi connectivity index (χ2v) is 8.77. The van der Waals surface area contributed by atoms with Gasteiger partial charge in [0.1, 0.15) is 7.05 Å². The first kappa shape index (κ1) is 21.2. The van der Waals surface area contributed by atoms with E-state index in [0.29, 0.717) is 0 Å². The Kier molecular flexibility index (Phi) is 5.39. The second kappa shape index (κ2) is 8.38. The molecule has 6 aromatic rings. The normalized spacial score (nSPS) is 11.2. The van der Waals surface area contributed by atoms with E-state index in [4.69, 9.17) is 0 Å². The molecule has 0 fully saturated rings. The Morgan fingerprint density at radius 3 is 2.33 bits per heavy atom. The van der Waals surface area contributed by atoms with Crippen molar-refractivity contribution in [1.82, 2.24) is 4.57 Å². The molecule has 2 nitrogen and oxygen atoms in total. The Bertz CT molecular complexity index is 1610. The molecule has 2 aromatic heterocycles. The molecule has 0 unspecified atom stereocenters. The smallest absolute Gasteiger partial charge is 0.212 e. The lowest BCUT2D eigenvalue weighted by Crippen LogP contribution is -3.00.